The monoisotopic (exact) mass is 241 g/mol. The van der Waals surface area contributed by atoms with E-state index in [0.717, 1.165) is 12.0 Å². The molecule has 0 radical (unpaired) electrons. The van der Waals surface area contributed by atoms with Gasteiger partial charge in [-0.15, -0.1) is 0 Å². The Labute approximate surface area is 97.9 Å². The summed E-state index contributed by atoms with van der Waals surface area (Å²) in [5, 5.41) is 0. The molecule has 0 saturated heterocycles. The molecule has 0 spiro atoms. The highest BCUT2D eigenvalue weighted by atomic mass is 32.2. The number of nitrogens with one attached hydrogen (secondary N) is 1. The van der Waals surface area contributed by atoms with Gasteiger partial charge in [0.2, 0.25) is 10.0 Å². The molecule has 0 heterocycles. The number of sulfonamides is 1. The van der Waals surface area contributed by atoms with Crippen LogP contribution in [0.5, 0.6) is 0 Å². The number of rotatable bonds is 5. The summed E-state index contributed by atoms with van der Waals surface area (Å²) in [6.45, 7) is 4.17. The molecule has 0 saturated carbocycles. The zero-order chi connectivity index (χ0) is 12.2. The standard InChI is InChI=1S/C12H19NO2S/c1-10(2)9-12(13-16(3,14)15)11-7-5-4-6-8-11/h4-8,10,12-13H,9H2,1-3H3. The maximum Gasteiger partial charge on any atom is 0.209 e. The topological polar surface area (TPSA) is 46.2 Å². The minimum atomic E-state index is -3.17. The fourth-order valence-corrected chi connectivity index (χ4v) is 2.42. The largest absolute Gasteiger partial charge is 0.213 e. The summed E-state index contributed by atoms with van der Waals surface area (Å²) in [6, 6.07) is 9.54. The molecular weight excluding hydrogens is 222 g/mol. The van der Waals surface area contributed by atoms with Gasteiger partial charge in [-0.2, -0.15) is 0 Å². The Bertz CT molecular complexity index is 412. The third-order valence-electron chi connectivity index (χ3n) is 2.27. The lowest BCUT2D eigenvalue weighted by Gasteiger charge is -2.19. The van der Waals surface area contributed by atoms with Gasteiger partial charge in [0.05, 0.1) is 6.26 Å². The molecule has 1 aromatic rings. The molecule has 1 atom stereocenters. The van der Waals surface area contributed by atoms with Crippen molar-refractivity contribution >= 4 is 10.0 Å². The first-order valence-corrected chi connectivity index (χ1v) is 7.30. The van der Waals surface area contributed by atoms with Crippen LogP contribution in [-0.4, -0.2) is 14.7 Å². The average Bonchev–Trinajstić information content (AvgIpc) is 2.15. The van der Waals surface area contributed by atoms with E-state index in [9.17, 15) is 8.42 Å². The van der Waals surface area contributed by atoms with Crippen LogP contribution in [0.15, 0.2) is 30.3 Å². The van der Waals surface area contributed by atoms with E-state index < -0.39 is 10.0 Å². The maximum absolute atomic E-state index is 11.3. The minimum absolute atomic E-state index is 0.129. The lowest BCUT2D eigenvalue weighted by molar-refractivity contribution is 0.473. The molecule has 4 heteroatoms. The van der Waals surface area contributed by atoms with E-state index in [1.54, 1.807) is 0 Å². The Morgan fingerprint density at radius 2 is 1.75 bits per heavy atom. The summed E-state index contributed by atoms with van der Waals surface area (Å²) in [7, 11) is -3.17. The summed E-state index contributed by atoms with van der Waals surface area (Å²) in [4.78, 5) is 0. The van der Waals surface area contributed by atoms with Gasteiger partial charge in [-0.3, -0.25) is 0 Å². The zero-order valence-corrected chi connectivity index (χ0v) is 10.8. The third-order valence-corrected chi connectivity index (χ3v) is 2.98. The predicted molar refractivity (Wildman–Crippen MR) is 66.6 cm³/mol. The smallest absolute Gasteiger partial charge is 0.209 e. The Morgan fingerprint density at radius 1 is 1.19 bits per heavy atom. The van der Waals surface area contributed by atoms with Crippen molar-refractivity contribution in [2.75, 3.05) is 6.26 Å². The lowest BCUT2D eigenvalue weighted by Crippen LogP contribution is -2.28. The molecule has 0 aromatic heterocycles. The fourth-order valence-electron chi connectivity index (χ4n) is 1.67. The van der Waals surface area contributed by atoms with Gasteiger partial charge in [0.1, 0.15) is 0 Å². The molecule has 0 aliphatic rings. The second-order valence-electron chi connectivity index (χ2n) is 4.48. The van der Waals surface area contributed by atoms with Crippen LogP contribution in [0.4, 0.5) is 0 Å². The van der Waals surface area contributed by atoms with Crippen molar-refractivity contribution < 1.29 is 8.42 Å². The number of hydrogen-bond acceptors (Lipinski definition) is 2. The van der Waals surface area contributed by atoms with Crippen molar-refractivity contribution in [2.24, 2.45) is 5.92 Å². The van der Waals surface area contributed by atoms with Crippen molar-refractivity contribution in [1.82, 2.24) is 4.72 Å². The van der Waals surface area contributed by atoms with Gasteiger partial charge in [0.25, 0.3) is 0 Å². The first-order valence-electron chi connectivity index (χ1n) is 5.40. The second-order valence-corrected chi connectivity index (χ2v) is 6.26. The van der Waals surface area contributed by atoms with Crippen LogP contribution in [0, 0.1) is 5.92 Å². The molecule has 90 valence electrons. The van der Waals surface area contributed by atoms with E-state index >= 15 is 0 Å². The minimum Gasteiger partial charge on any atom is -0.213 e. The van der Waals surface area contributed by atoms with E-state index in [-0.39, 0.29) is 6.04 Å². The second kappa shape index (κ2) is 5.46. The Balaban J connectivity index is 2.88. The molecular formula is C12H19NO2S. The maximum atomic E-state index is 11.3. The van der Waals surface area contributed by atoms with Crippen LogP contribution in [-0.2, 0) is 10.0 Å². The van der Waals surface area contributed by atoms with Gasteiger partial charge >= 0.3 is 0 Å². The van der Waals surface area contributed by atoms with E-state index in [4.69, 9.17) is 0 Å². The van der Waals surface area contributed by atoms with Crippen molar-refractivity contribution in [3.63, 3.8) is 0 Å². The molecule has 0 aliphatic carbocycles. The summed E-state index contributed by atoms with van der Waals surface area (Å²) in [6.07, 6.45) is 2.00. The van der Waals surface area contributed by atoms with E-state index in [2.05, 4.69) is 18.6 Å². The van der Waals surface area contributed by atoms with Gasteiger partial charge in [-0.25, -0.2) is 13.1 Å². The summed E-state index contributed by atoms with van der Waals surface area (Å²) in [5.41, 5.74) is 1.02. The molecule has 1 N–H and O–H groups in total. The first-order chi connectivity index (χ1) is 7.38. The van der Waals surface area contributed by atoms with Gasteiger partial charge in [-0.1, -0.05) is 44.2 Å². The van der Waals surface area contributed by atoms with E-state index in [0.29, 0.717) is 5.92 Å². The highest BCUT2D eigenvalue weighted by Gasteiger charge is 2.16. The van der Waals surface area contributed by atoms with Crippen LogP contribution < -0.4 is 4.72 Å². The molecule has 0 amide bonds. The molecule has 0 bridgehead atoms. The predicted octanol–water partition coefficient (Wildman–Crippen LogP) is 2.32. The average molecular weight is 241 g/mol. The van der Waals surface area contributed by atoms with Crippen LogP contribution >= 0.6 is 0 Å². The van der Waals surface area contributed by atoms with Crippen LogP contribution in [0.25, 0.3) is 0 Å². The lowest BCUT2D eigenvalue weighted by atomic mass is 9.98. The zero-order valence-electron chi connectivity index (χ0n) is 9.97. The molecule has 1 aromatic carbocycles. The molecule has 1 unspecified atom stereocenters. The molecule has 3 nitrogen and oxygen atoms in total. The van der Waals surface area contributed by atoms with Crippen molar-refractivity contribution in [2.45, 2.75) is 26.3 Å². The molecule has 0 aliphatic heterocycles. The number of hydrogen-bond donors (Lipinski definition) is 1. The van der Waals surface area contributed by atoms with Gasteiger partial charge in [0, 0.05) is 6.04 Å². The van der Waals surface area contributed by atoms with Gasteiger partial charge in [0.15, 0.2) is 0 Å². The van der Waals surface area contributed by atoms with Crippen LogP contribution in [0.1, 0.15) is 31.9 Å². The van der Waals surface area contributed by atoms with E-state index in [1.165, 1.54) is 6.26 Å². The van der Waals surface area contributed by atoms with Crippen LogP contribution in [0.2, 0.25) is 0 Å². The van der Waals surface area contributed by atoms with Crippen molar-refractivity contribution in [3.05, 3.63) is 35.9 Å². The molecule has 0 fully saturated rings. The van der Waals surface area contributed by atoms with Crippen LogP contribution in [0.3, 0.4) is 0 Å². The SMILES string of the molecule is CC(C)CC(NS(C)(=O)=O)c1ccccc1. The first kappa shape index (κ1) is 13.2. The summed E-state index contributed by atoms with van der Waals surface area (Å²) >= 11 is 0. The Hall–Kier alpha value is -0.870. The Kier molecular flexibility index (Phi) is 4.50. The summed E-state index contributed by atoms with van der Waals surface area (Å²) in [5.74, 6) is 0.444. The highest BCUT2D eigenvalue weighted by Crippen LogP contribution is 2.21. The molecule has 16 heavy (non-hydrogen) atoms. The highest BCUT2D eigenvalue weighted by molar-refractivity contribution is 7.88. The van der Waals surface area contributed by atoms with Gasteiger partial charge < -0.3 is 0 Å². The van der Waals surface area contributed by atoms with Crippen molar-refractivity contribution in [3.8, 4) is 0 Å². The third kappa shape index (κ3) is 4.77. The number of benzene rings is 1. The quantitative estimate of drug-likeness (QED) is 0.860. The fraction of sp³-hybridized carbons (Fsp3) is 0.500. The summed E-state index contributed by atoms with van der Waals surface area (Å²) < 4.78 is 25.2. The Morgan fingerprint density at radius 3 is 2.19 bits per heavy atom. The van der Waals surface area contributed by atoms with Gasteiger partial charge in [-0.05, 0) is 17.9 Å². The van der Waals surface area contributed by atoms with E-state index in [1.807, 2.05) is 30.3 Å². The molecule has 1 rings (SSSR count). The van der Waals surface area contributed by atoms with Crippen molar-refractivity contribution in [1.29, 1.82) is 0 Å². The normalized spacial score (nSPS) is 14.0.